The summed E-state index contributed by atoms with van der Waals surface area (Å²) in [6, 6.07) is 112. The number of benzene rings is 15. The Hall–Kier alpha value is -10.4. The van der Waals surface area contributed by atoms with Crippen LogP contribution in [0.15, 0.2) is 291 Å². The van der Waals surface area contributed by atoms with Crippen molar-refractivity contribution >= 4 is 53.9 Å². The highest BCUT2D eigenvalue weighted by Crippen LogP contribution is 2.65. The minimum absolute atomic E-state index is 0.464. The van der Waals surface area contributed by atoms with Gasteiger partial charge in [-0.2, -0.15) is 0 Å². The lowest BCUT2D eigenvalue weighted by molar-refractivity contribution is 0.794. The predicted molar refractivity (Wildman–Crippen MR) is 343 cm³/mol. The Morgan fingerprint density at radius 1 is 0.159 bits per heavy atom. The van der Waals surface area contributed by atoms with E-state index in [-0.39, 0.29) is 0 Å². The van der Waals surface area contributed by atoms with Crippen molar-refractivity contribution in [3.63, 3.8) is 0 Å². The molecule has 0 radical (unpaired) electrons. The van der Waals surface area contributed by atoms with E-state index in [0.717, 1.165) is 0 Å². The first kappa shape index (κ1) is 44.5. The van der Waals surface area contributed by atoms with Crippen LogP contribution in [0.4, 0.5) is 0 Å². The molecule has 4 aliphatic rings. The van der Waals surface area contributed by atoms with E-state index in [1.807, 2.05) is 0 Å². The Balaban J connectivity index is 0.907. The first-order valence-corrected chi connectivity index (χ1v) is 28.9. The maximum absolute atomic E-state index is 2.58. The zero-order chi connectivity index (χ0) is 53.4. The molecule has 0 saturated heterocycles. The van der Waals surface area contributed by atoms with E-state index >= 15 is 0 Å². The van der Waals surface area contributed by atoms with Gasteiger partial charge >= 0.3 is 0 Å². The van der Waals surface area contributed by atoms with Crippen LogP contribution >= 0.6 is 0 Å². The molecule has 0 N–H and O–H groups in total. The van der Waals surface area contributed by atoms with Gasteiger partial charge in [0.05, 0.1) is 10.8 Å². The van der Waals surface area contributed by atoms with E-state index in [4.69, 9.17) is 0 Å². The molecule has 0 fully saturated rings. The zero-order valence-electron chi connectivity index (χ0n) is 44.7. The normalized spacial score (nSPS) is 14.0. The Kier molecular flexibility index (Phi) is 8.75. The van der Waals surface area contributed by atoms with Gasteiger partial charge in [-0.1, -0.05) is 261 Å². The number of fused-ring (bicyclic) bond motifs is 26. The van der Waals surface area contributed by atoms with E-state index in [9.17, 15) is 0 Å². The van der Waals surface area contributed by atoms with Crippen molar-refractivity contribution in [3.05, 3.63) is 336 Å². The van der Waals surface area contributed by atoms with E-state index in [1.54, 1.807) is 0 Å². The molecule has 2 spiro atoms. The van der Waals surface area contributed by atoms with Crippen LogP contribution < -0.4 is 0 Å². The van der Waals surface area contributed by atoms with Crippen LogP contribution in [-0.4, -0.2) is 0 Å². The third kappa shape index (κ3) is 5.52. The first-order chi connectivity index (χ1) is 40.7. The van der Waals surface area contributed by atoms with Crippen molar-refractivity contribution in [2.75, 3.05) is 0 Å². The topological polar surface area (TPSA) is 0 Å². The average Bonchev–Trinajstić information content (AvgIpc) is 2.10. The molecule has 0 nitrogen and oxygen atoms in total. The maximum Gasteiger partial charge on any atom is 0.0725 e. The molecule has 0 aromatic heterocycles. The Bertz CT molecular complexity index is 5230. The molecule has 19 rings (SSSR count). The van der Waals surface area contributed by atoms with E-state index in [1.165, 1.54) is 176 Å². The maximum atomic E-state index is 2.58. The summed E-state index contributed by atoms with van der Waals surface area (Å²) in [6.07, 6.45) is 0. The summed E-state index contributed by atoms with van der Waals surface area (Å²) < 4.78 is 0. The van der Waals surface area contributed by atoms with Crippen molar-refractivity contribution in [2.45, 2.75) is 10.8 Å². The Labute approximate surface area is 475 Å². The second-order valence-electron chi connectivity index (χ2n) is 23.2. The first-order valence-electron chi connectivity index (χ1n) is 28.9. The molecule has 0 saturated carbocycles. The third-order valence-corrected chi connectivity index (χ3v) is 19.7. The highest BCUT2D eigenvalue weighted by Gasteiger charge is 2.53. The van der Waals surface area contributed by atoms with Gasteiger partial charge in [0, 0.05) is 0 Å². The minimum atomic E-state index is -0.474. The summed E-state index contributed by atoms with van der Waals surface area (Å²) in [5.74, 6) is 0. The molecule has 0 atom stereocenters. The summed E-state index contributed by atoms with van der Waals surface area (Å²) in [5.41, 5.74) is 27.8. The summed E-state index contributed by atoms with van der Waals surface area (Å²) >= 11 is 0. The molecular weight excluding hydrogens is 985 g/mol. The van der Waals surface area contributed by atoms with Crippen LogP contribution in [0.1, 0.15) is 44.5 Å². The van der Waals surface area contributed by atoms with Crippen molar-refractivity contribution in [3.8, 4) is 77.9 Å². The summed E-state index contributed by atoms with van der Waals surface area (Å²) in [4.78, 5) is 0. The van der Waals surface area contributed by atoms with Crippen LogP contribution in [0.5, 0.6) is 0 Å². The van der Waals surface area contributed by atoms with Crippen molar-refractivity contribution in [1.29, 1.82) is 0 Å². The lowest BCUT2D eigenvalue weighted by atomic mass is 9.70. The van der Waals surface area contributed by atoms with Crippen LogP contribution in [0.25, 0.3) is 132 Å². The van der Waals surface area contributed by atoms with Gasteiger partial charge in [-0.25, -0.2) is 0 Å². The van der Waals surface area contributed by atoms with Gasteiger partial charge in [-0.05, 0) is 207 Å². The molecule has 376 valence electrons. The van der Waals surface area contributed by atoms with Crippen LogP contribution in [0.3, 0.4) is 0 Å². The van der Waals surface area contributed by atoms with Gasteiger partial charge in [-0.3, -0.25) is 0 Å². The van der Waals surface area contributed by atoms with Gasteiger partial charge in [0.15, 0.2) is 0 Å². The Morgan fingerprint density at radius 2 is 0.512 bits per heavy atom. The molecule has 0 unspecified atom stereocenters. The smallest absolute Gasteiger partial charge is 0.0619 e. The molecule has 0 amide bonds. The molecule has 0 bridgehead atoms. The van der Waals surface area contributed by atoms with Crippen LogP contribution in [0.2, 0.25) is 0 Å². The SMILES string of the molecule is c1ccc2c(c1)-c1ccccc1C21c2ccccc2-c2ccc(-c3c4ccccc4c(-c4ccc5c(c4)C4(c6ccccc6-c6ccccc64)c4ccccc4-5)c4cc(-c5cccc6c5ccc5cc7ccccc7cc56)ccc34)cc21. The fraction of sp³-hybridized carbons (Fsp3) is 0.0244. The lowest BCUT2D eigenvalue weighted by Gasteiger charge is -2.31. The van der Waals surface area contributed by atoms with E-state index in [2.05, 4.69) is 291 Å². The second kappa shape index (κ2) is 16.1. The molecule has 0 aliphatic heterocycles. The molecular formula is C82H48. The number of rotatable bonds is 3. The van der Waals surface area contributed by atoms with Crippen LogP contribution in [-0.2, 0) is 10.8 Å². The van der Waals surface area contributed by atoms with E-state index in [0.29, 0.717) is 0 Å². The summed E-state index contributed by atoms with van der Waals surface area (Å²) in [6.45, 7) is 0. The molecule has 0 heteroatoms. The zero-order valence-corrected chi connectivity index (χ0v) is 44.7. The monoisotopic (exact) mass is 1030 g/mol. The predicted octanol–water partition coefficient (Wildman–Crippen LogP) is 21.1. The number of hydrogen-bond donors (Lipinski definition) is 0. The minimum Gasteiger partial charge on any atom is -0.0619 e. The molecule has 82 heavy (non-hydrogen) atoms. The fourth-order valence-electron chi connectivity index (χ4n) is 16.5. The fourth-order valence-corrected chi connectivity index (χ4v) is 16.5. The highest BCUT2D eigenvalue weighted by atomic mass is 14.5. The van der Waals surface area contributed by atoms with Gasteiger partial charge in [-0.15, -0.1) is 0 Å². The quantitative estimate of drug-likeness (QED) is 0.122. The summed E-state index contributed by atoms with van der Waals surface area (Å²) in [7, 11) is 0. The summed E-state index contributed by atoms with van der Waals surface area (Å²) in [5, 5.41) is 12.5. The van der Waals surface area contributed by atoms with Gasteiger partial charge in [0.25, 0.3) is 0 Å². The largest absolute Gasteiger partial charge is 0.0725 e. The second-order valence-corrected chi connectivity index (χ2v) is 23.2. The van der Waals surface area contributed by atoms with E-state index < -0.39 is 10.8 Å². The Morgan fingerprint density at radius 3 is 1.00 bits per heavy atom. The van der Waals surface area contributed by atoms with Gasteiger partial charge < -0.3 is 0 Å². The van der Waals surface area contributed by atoms with Gasteiger partial charge in [0.2, 0.25) is 0 Å². The molecule has 0 heterocycles. The third-order valence-electron chi connectivity index (χ3n) is 19.7. The van der Waals surface area contributed by atoms with Crippen LogP contribution in [0, 0.1) is 0 Å². The highest BCUT2D eigenvalue weighted by molar-refractivity contribution is 6.23. The van der Waals surface area contributed by atoms with Crippen molar-refractivity contribution in [2.24, 2.45) is 0 Å². The standard InChI is InChI=1S/C82H48/c1-2-19-50-45-69-51(44-49(50)18-1)36-40-57-55(28-17-29-56(57)69)52-37-43-68-70(46-52)80(54-39-42-65-63-25-10-16-35-76(63)82(78(65)48-54)73-32-13-7-22-60(73)61-23-8-14-33-74(61)82)67-27-4-3-26-66(67)79(68)53-38-41-64-62-24-9-15-34-75(62)81(77(64)47-53)71-30-11-5-20-58(71)59-21-6-12-31-72(59)81/h1-48H. The number of hydrogen-bond acceptors (Lipinski definition) is 0. The molecule has 4 aliphatic carbocycles. The van der Waals surface area contributed by atoms with Crippen molar-refractivity contribution in [1.82, 2.24) is 0 Å². The molecule has 15 aromatic carbocycles. The van der Waals surface area contributed by atoms with Crippen molar-refractivity contribution < 1.29 is 0 Å². The average molecular weight is 1030 g/mol. The molecule has 15 aromatic rings. The van der Waals surface area contributed by atoms with Gasteiger partial charge in [0.1, 0.15) is 0 Å². The lowest BCUT2D eigenvalue weighted by Crippen LogP contribution is -2.25.